The topological polar surface area (TPSA) is 307 Å². The highest BCUT2D eigenvalue weighted by Crippen LogP contribution is 2.33. The van der Waals surface area contributed by atoms with Crippen LogP contribution in [-0.4, -0.2) is 193 Å². The summed E-state index contributed by atoms with van der Waals surface area (Å²) in [5.41, 5.74) is 0. The SMILES string of the molecule is CCCCCCCCCCCC/C=C/CC/C=C/C(O)C(COC1OC(CO)C(OC2OC(CO)C(OC3OC(CO)C(O)C(O)C3O)C(O)C2O)C(O)C1O)NC(=O)CCCCCCCCCCCCCCCCCCCCCCCCCCC. The maximum Gasteiger partial charge on any atom is 0.220 e. The van der Waals surface area contributed by atoms with Gasteiger partial charge in [-0.2, -0.15) is 0 Å². The third kappa shape index (κ3) is 32.0. The van der Waals surface area contributed by atoms with E-state index in [-0.39, 0.29) is 18.9 Å². The predicted octanol–water partition coefficient (Wildman–Crippen LogP) is 8.66. The highest BCUT2D eigenvalue weighted by molar-refractivity contribution is 5.76. The monoisotopic (exact) mass is 1230 g/mol. The van der Waals surface area contributed by atoms with Crippen molar-refractivity contribution in [3.63, 3.8) is 0 Å². The van der Waals surface area contributed by atoms with E-state index in [1.54, 1.807) is 6.08 Å². The van der Waals surface area contributed by atoms with E-state index in [9.17, 15) is 61.0 Å². The summed E-state index contributed by atoms with van der Waals surface area (Å²) in [4.78, 5) is 13.4. The summed E-state index contributed by atoms with van der Waals surface area (Å²) in [7, 11) is 0. The van der Waals surface area contributed by atoms with E-state index in [1.165, 1.54) is 193 Å². The summed E-state index contributed by atoms with van der Waals surface area (Å²) in [6, 6.07) is -0.986. The second-order valence-corrected chi connectivity index (χ2v) is 25.0. The van der Waals surface area contributed by atoms with Gasteiger partial charge in [-0.05, 0) is 32.1 Å². The first-order valence-corrected chi connectivity index (χ1v) is 34.6. The molecule has 0 aliphatic carbocycles. The Bertz CT molecular complexity index is 1660. The fraction of sp³-hybridized carbons (Fsp3) is 0.925. The lowest BCUT2D eigenvalue weighted by Gasteiger charge is -2.48. The molecule has 19 nitrogen and oxygen atoms in total. The van der Waals surface area contributed by atoms with Gasteiger partial charge >= 0.3 is 0 Å². The molecule has 0 bridgehead atoms. The van der Waals surface area contributed by atoms with Crippen LogP contribution in [0.2, 0.25) is 0 Å². The number of allylic oxidation sites excluding steroid dienone is 3. The number of hydrogen-bond acceptors (Lipinski definition) is 18. The van der Waals surface area contributed by atoms with Gasteiger partial charge in [0.2, 0.25) is 5.91 Å². The van der Waals surface area contributed by atoms with Gasteiger partial charge in [-0.1, -0.05) is 250 Å². The minimum Gasteiger partial charge on any atom is -0.394 e. The van der Waals surface area contributed by atoms with Crippen molar-refractivity contribution in [1.29, 1.82) is 0 Å². The molecule has 3 saturated heterocycles. The molecule has 0 aromatic rings. The molecule has 12 N–H and O–H groups in total. The Hall–Kier alpha value is -1.73. The van der Waals surface area contributed by atoms with Crippen molar-refractivity contribution in [2.75, 3.05) is 26.4 Å². The molecule has 3 aliphatic rings. The molecule has 17 atom stereocenters. The number of amides is 1. The maximum atomic E-state index is 13.4. The standard InChI is InChI=1S/C67H125NO18/c1-3-5-7-9-11-13-15-17-19-21-22-23-24-25-26-27-28-29-31-33-35-37-39-41-43-45-55(73)68-50(51(72)44-42-40-38-36-34-32-30-20-18-16-14-12-10-8-6-4-2)49-81-65-61(79)58(76)63(53(47-70)83-65)86-67-62(80)59(77)64(54(48-71)84-67)85-66-60(78)57(75)56(74)52(46-69)82-66/h34,36,42,44,50-54,56-67,69-72,74-80H,3-33,35,37-41,43,45-49H2,1-2H3,(H,68,73)/b36-34+,44-42+. The van der Waals surface area contributed by atoms with Crippen LogP contribution >= 0.6 is 0 Å². The van der Waals surface area contributed by atoms with Crippen LogP contribution in [0.25, 0.3) is 0 Å². The normalized spacial score (nSPS) is 28.9. The van der Waals surface area contributed by atoms with Crippen LogP contribution < -0.4 is 5.32 Å². The molecular weight excluding hydrogens is 1110 g/mol. The van der Waals surface area contributed by atoms with Gasteiger partial charge in [0.25, 0.3) is 0 Å². The van der Waals surface area contributed by atoms with E-state index in [4.69, 9.17) is 28.4 Å². The summed E-state index contributed by atoms with van der Waals surface area (Å²) in [5, 5.41) is 120. The summed E-state index contributed by atoms with van der Waals surface area (Å²) in [6.45, 7) is 1.74. The Morgan fingerprint density at radius 3 is 1.16 bits per heavy atom. The first kappa shape index (κ1) is 78.5. The van der Waals surface area contributed by atoms with E-state index in [0.29, 0.717) is 12.8 Å². The number of carbonyl (C=O) groups is 1. The summed E-state index contributed by atoms with van der Waals surface area (Å²) < 4.78 is 34.3. The van der Waals surface area contributed by atoms with Gasteiger partial charge in [-0.15, -0.1) is 0 Å². The Balaban J connectivity index is 1.43. The minimum absolute atomic E-state index is 0.241. The summed E-state index contributed by atoms with van der Waals surface area (Å²) in [6.07, 6.45) is 28.8. The average molecular weight is 1230 g/mol. The molecular formula is C67H125NO18. The molecule has 0 saturated carbocycles. The molecule has 3 aliphatic heterocycles. The molecule has 86 heavy (non-hydrogen) atoms. The van der Waals surface area contributed by atoms with E-state index in [1.807, 2.05) is 6.08 Å². The summed E-state index contributed by atoms with van der Waals surface area (Å²) >= 11 is 0. The fourth-order valence-corrected chi connectivity index (χ4v) is 11.9. The van der Waals surface area contributed by atoms with E-state index < -0.39 is 124 Å². The smallest absolute Gasteiger partial charge is 0.220 e. The Morgan fingerprint density at radius 1 is 0.407 bits per heavy atom. The molecule has 0 spiro atoms. The molecule has 0 radical (unpaired) electrons. The van der Waals surface area contributed by atoms with Crippen molar-refractivity contribution >= 4 is 5.91 Å². The second-order valence-electron chi connectivity index (χ2n) is 25.0. The van der Waals surface area contributed by atoms with Gasteiger partial charge in [0.15, 0.2) is 18.9 Å². The Kier molecular flexibility index (Phi) is 45.6. The Labute approximate surface area is 518 Å². The average Bonchev–Trinajstić information content (AvgIpc) is 2.21. The van der Waals surface area contributed by atoms with Gasteiger partial charge < -0.3 is 89.9 Å². The minimum atomic E-state index is -1.98. The highest BCUT2D eigenvalue weighted by atomic mass is 16.8. The number of unbranched alkanes of at least 4 members (excludes halogenated alkanes) is 35. The number of aliphatic hydroxyl groups excluding tert-OH is 11. The molecule has 19 heteroatoms. The van der Waals surface area contributed by atoms with Crippen LogP contribution in [-0.2, 0) is 33.2 Å². The van der Waals surface area contributed by atoms with Crippen LogP contribution in [0.1, 0.15) is 264 Å². The molecule has 3 rings (SSSR count). The van der Waals surface area contributed by atoms with Crippen molar-refractivity contribution < 1.29 is 89.4 Å². The molecule has 3 heterocycles. The zero-order valence-corrected chi connectivity index (χ0v) is 53.3. The molecule has 3 fully saturated rings. The lowest BCUT2D eigenvalue weighted by Crippen LogP contribution is -2.66. The van der Waals surface area contributed by atoms with Crippen molar-refractivity contribution in [3.05, 3.63) is 24.3 Å². The van der Waals surface area contributed by atoms with Gasteiger partial charge in [-0.25, -0.2) is 0 Å². The molecule has 0 aromatic carbocycles. The van der Waals surface area contributed by atoms with Crippen LogP contribution in [0.3, 0.4) is 0 Å². The second kappa shape index (κ2) is 49.9. The summed E-state index contributed by atoms with van der Waals surface area (Å²) in [5.74, 6) is -0.280. The largest absolute Gasteiger partial charge is 0.394 e. The third-order valence-corrected chi connectivity index (χ3v) is 17.5. The number of carbonyl (C=O) groups excluding carboxylic acids is 1. The van der Waals surface area contributed by atoms with E-state index >= 15 is 0 Å². The van der Waals surface area contributed by atoms with Crippen molar-refractivity contribution in [1.82, 2.24) is 5.32 Å². The van der Waals surface area contributed by atoms with Gasteiger partial charge in [0, 0.05) is 6.42 Å². The lowest BCUT2D eigenvalue weighted by molar-refractivity contribution is -0.379. The van der Waals surface area contributed by atoms with Crippen molar-refractivity contribution in [3.8, 4) is 0 Å². The Morgan fingerprint density at radius 2 is 0.744 bits per heavy atom. The lowest BCUT2D eigenvalue weighted by atomic mass is 9.96. The first-order chi connectivity index (χ1) is 41.8. The molecule has 17 unspecified atom stereocenters. The fourth-order valence-electron chi connectivity index (χ4n) is 11.9. The molecule has 0 aromatic heterocycles. The van der Waals surface area contributed by atoms with Crippen LogP contribution in [0, 0.1) is 0 Å². The number of rotatable bonds is 53. The van der Waals surface area contributed by atoms with Crippen molar-refractivity contribution in [2.45, 2.75) is 369 Å². The van der Waals surface area contributed by atoms with E-state index in [0.717, 1.165) is 38.5 Å². The predicted molar refractivity (Wildman–Crippen MR) is 333 cm³/mol. The quantitative estimate of drug-likeness (QED) is 0.0200. The number of ether oxygens (including phenoxy) is 6. The highest BCUT2D eigenvalue weighted by Gasteiger charge is 2.53. The first-order valence-electron chi connectivity index (χ1n) is 34.6. The van der Waals surface area contributed by atoms with E-state index in [2.05, 4.69) is 31.3 Å². The van der Waals surface area contributed by atoms with Gasteiger partial charge in [0.05, 0.1) is 38.6 Å². The number of nitrogens with one attached hydrogen (secondary N) is 1. The van der Waals surface area contributed by atoms with Gasteiger partial charge in [0.1, 0.15) is 73.2 Å². The van der Waals surface area contributed by atoms with Crippen molar-refractivity contribution in [2.24, 2.45) is 0 Å². The molecule has 1 amide bonds. The molecule has 506 valence electrons. The third-order valence-electron chi connectivity index (χ3n) is 17.5. The number of aliphatic hydroxyl groups is 11. The maximum absolute atomic E-state index is 13.4. The van der Waals surface area contributed by atoms with Crippen LogP contribution in [0.4, 0.5) is 0 Å². The zero-order chi connectivity index (χ0) is 62.6. The number of hydrogen-bond donors (Lipinski definition) is 12. The van der Waals surface area contributed by atoms with Gasteiger partial charge in [-0.3, -0.25) is 4.79 Å². The van der Waals surface area contributed by atoms with Crippen LogP contribution in [0.5, 0.6) is 0 Å². The van der Waals surface area contributed by atoms with Crippen LogP contribution in [0.15, 0.2) is 24.3 Å². The zero-order valence-electron chi connectivity index (χ0n) is 53.3.